The van der Waals surface area contributed by atoms with Gasteiger partial charge in [0.1, 0.15) is 0 Å². The predicted molar refractivity (Wildman–Crippen MR) is 75.0 cm³/mol. The van der Waals surface area contributed by atoms with Crippen LogP contribution in [0.4, 0.5) is 0 Å². The van der Waals surface area contributed by atoms with Crippen LogP contribution in [-0.2, 0) is 9.59 Å². The number of rotatable bonds is 6. The van der Waals surface area contributed by atoms with Gasteiger partial charge in [-0.1, -0.05) is 0 Å². The van der Waals surface area contributed by atoms with E-state index >= 15 is 0 Å². The number of thiophene rings is 1. The molecule has 1 aliphatic rings. The number of hydrogen-bond donors (Lipinski definition) is 2. The van der Waals surface area contributed by atoms with E-state index in [2.05, 4.69) is 5.32 Å². The van der Waals surface area contributed by atoms with Crippen molar-refractivity contribution in [2.24, 2.45) is 5.92 Å². The summed E-state index contributed by atoms with van der Waals surface area (Å²) in [5.74, 6) is -0.753. The molecule has 1 heterocycles. The monoisotopic (exact) mass is 279 g/mol. The first kappa shape index (κ1) is 13.8. The molecule has 0 saturated heterocycles. The fourth-order valence-electron chi connectivity index (χ4n) is 1.95. The van der Waals surface area contributed by atoms with Gasteiger partial charge >= 0.3 is 5.97 Å². The third kappa shape index (κ3) is 4.52. The average Bonchev–Trinajstić information content (AvgIpc) is 3.09. The summed E-state index contributed by atoms with van der Waals surface area (Å²) in [4.78, 5) is 24.7. The zero-order valence-corrected chi connectivity index (χ0v) is 11.6. The fraction of sp³-hybridized carbons (Fsp3) is 0.429. The summed E-state index contributed by atoms with van der Waals surface area (Å²) in [6, 6.07) is 3.72. The summed E-state index contributed by atoms with van der Waals surface area (Å²) < 4.78 is 0. The normalized spacial score (nSPS) is 16.5. The van der Waals surface area contributed by atoms with E-state index in [1.165, 1.54) is 11.0 Å². The molecule has 1 aromatic heterocycles. The van der Waals surface area contributed by atoms with E-state index < -0.39 is 5.97 Å². The van der Waals surface area contributed by atoms with E-state index in [0.717, 1.165) is 17.7 Å². The van der Waals surface area contributed by atoms with E-state index in [0.29, 0.717) is 5.92 Å². The van der Waals surface area contributed by atoms with Crippen LogP contribution in [0.2, 0.25) is 0 Å². The van der Waals surface area contributed by atoms with E-state index in [9.17, 15) is 9.59 Å². The van der Waals surface area contributed by atoms with Crippen LogP contribution in [0.5, 0.6) is 0 Å². The molecule has 4 nitrogen and oxygen atoms in total. The minimum absolute atomic E-state index is 0.00234. The van der Waals surface area contributed by atoms with Gasteiger partial charge in [-0.05, 0) is 43.9 Å². The second kappa shape index (κ2) is 6.02. The van der Waals surface area contributed by atoms with Crippen molar-refractivity contribution < 1.29 is 14.7 Å². The maximum atomic E-state index is 11.8. The highest BCUT2D eigenvalue weighted by atomic mass is 32.1. The van der Waals surface area contributed by atoms with Crippen LogP contribution in [0, 0.1) is 12.8 Å². The Morgan fingerprint density at radius 1 is 1.53 bits per heavy atom. The summed E-state index contributed by atoms with van der Waals surface area (Å²) in [6.45, 7) is 2.01. The lowest BCUT2D eigenvalue weighted by Gasteiger charge is -2.14. The standard InChI is InChI=1S/C14H17NO3S/c1-9-2-5-11(19-9)6-7-13(16)15-12(8-14(17)18)10-3-4-10/h2,5-7,10,12H,3-4,8H2,1H3,(H,15,16)(H,17,18)/b7-6+. The third-order valence-electron chi connectivity index (χ3n) is 3.07. The molecular weight excluding hydrogens is 262 g/mol. The van der Waals surface area contributed by atoms with Crippen LogP contribution in [0.3, 0.4) is 0 Å². The number of nitrogens with one attached hydrogen (secondary N) is 1. The van der Waals surface area contributed by atoms with Gasteiger partial charge < -0.3 is 10.4 Å². The number of carbonyl (C=O) groups is 2. The third-order valence-corrected chi connectivity index (χ3v) is 4.04. The van der Waals surface area contributed by atoms with E-state index in [4.69, 9.17) is 5.11 Å². The van der Waals surface area contributed by atoms with Gasteiger partial charge in [0.25, 0.3) is 0 Å². The van der Waals surface area contributed by atoms with E-state index in [-0.39, 0.29) is 18.4 Å². The molecule has 5 heteroatoms. The van der Waals surface area contributed by atoms with Gasteiger partial charge in [-0.25, -0.2) is 0 Å². The quantitative estimate of drug-likeness (QED) is 0.786. The van der Waals surface area contributed by atoms with Crippen LogP contribution in [0.25, 0.3) is 6.08 Å². The first-order valence-corrected chi connectivity index (χ1v) is 7.13. The minimum Gasteiger partial charge on any atom is -0.481 e. The van der Waals surface area contributed by atoms with Crippen molar-refractivity contribution in [3.8, 4) is 0 Å². The minimum atomic E-state index is -0.866. The fourth-order valence-corrected chi connectivity index (χ4v) is 2.73. The number of aryl methyl sites for hydroxylation is 1. The highest BCUT2D eigenvalue weighted by Gasteiger charge is 2.33. The van der Waals surface area contributed by atoms with Gasteiger partial charge in [0.05, 0.1) is 6.42 Å². The molecule has 1 aliphatic carbocycles. The van der Waals surface area contributed by atoms with E-state index in [1.807, 2.05) is 19.1 Å². The lowest BCUT2D eigenvalue weighted by atomic mass is 10.1. The largest absolute Gasteiger partial charge is 0.481 e. The molecule has 2 rings (SSSR count). The molecule has 1 atom stereocenters. The van der Waals surface area contributed by atoms with Crippen molar-refractivity contribution in [1.82, 2.24) is 5.32 Å². The molecule has 0 spiro atoms. The predicted octanol–water partition coefficient (Wildman–Crippen LogP) is 2.44. The molecule has 19 heavy (non-hydrogen) atoms. The molecule has 0 aliphatic heterocycles. The van der Waals surface area contributed by atoms with Crippen LogP contribution < -0.4 is 5.32 Å². The first-order valence-electron chi connectivity index (χ1n) is 6.31. The van der Waals surface area contributed by atoms with Crippen molar-refractivity contribution in [2.75, 3.05) is 0 Å². The van der Waals surface area contributed by atoms with Crippen LogP contribution >= 0.6 is 11.3 Å². The number of aliphatic carboxylic acids is 1. The maximum absolute atomic E-state index is 11.8. The van der Waals surface area contributed by atoms with Crippen LogP contribution in [-0.4, -0.2) is 23.0 Å². The zero-order valence-electron chi connectivity index (χ0n) is 10.8. The Labute approximate surface area is 116 Å². The molecule has 1 fully saturated rings. The Morgan fingerprint density at radius 2 is 2.26 bits per heavy atom. The summed E-state index contributed by atoms with van der Waals surface area (Å²) >= 11 is 1.62. The highest BCUT2D eigenvalue weighted by molar-refractivity contribution is 7.12. The van der Waals surface area contributed by atoms with Crippen LogP contribution in [0.15, 0.2) is 18.2 Å². The summed E-state index contributed by atoms with van der Waals surface area (Å²) in [7, 11) is 0. The first-order chi connectivity index (χ1) is 9.04. The van der Waals surface area contributed by atoms with Crippen molar-refractivity contribution >= 4 is 29.3 Å². The molecule has 1 amide bonds. The summed E-state index contributed by atoms with van der Waals surface area (Å²) in [6.07, 6.45) is 5.25. The number of carboxylic acids is 1. The van der Waals surface area contributed by atoms with Crippen molar-refractivity contribution in [3.05, 3.63) is 28.0 Å². The molecule has 1 saturated carbocycles. The molecule has 102 valence electrons. The Balaban J connectivity index is 1.88. The Kier molecular flexibility index (Phi) is 4.37. The number of amides is 1. The van der Waals surface area contributed by atoms with Crippen LogP contribution in [0.1, 0.15) is 29.0 Å². The van der Waals surface area contributed by atoms with Crippen molar-refractivity contribution in [2.45, 2.75) is 32.2 Å². The molecule has 0 radical (unpaired) electrons. The highest BCUT2D eigenvalue weighted by Crippen LogP contribution is 2.34. The van der Waals surface area contributed by atoms with Gasteiger partial charge in [0.15, 0.2) is 0 Å². The summed E-state index contributed by atoms with van der Waals surface area (Å²) in [5.41, 5.74) is 0. The number of carboxylic acid groups (broad SMARTS) is 1. The lowest BCUT2D eigenvalue weighted by Crippen LogP contribution is -2.37. The van der Waals surface area contributed by atoms with E-state index in [1.54, 1.807) is 17.4 Å². The Hall–Kier alpha value is -1.62. The van der Waals surface area contributed by atoms with Gasteiger partial charge in [-0.15, -0.1) is 11.3 Å². The van der Waals surface area contributed by atoms with Gasteiger partial charge in [0, 0.05) is 21.9 Å². The van der Waals surface area contributed by atoms with Crippen molar-refractivity contribution in [3.63, 3.8) is 0 Å². The molecular formula is C14H17NO3S. The Bertz CT molecular complexity index is 503. The molecule has 0 bridgehead atoms. The Morgan fingerprint density at radius 3 is 2.79 bits per heavy atom. The smallest absolute Gasteiger partial charge is 0.305 e. The van der Waals surface area contributed by atoms with Gasteiger partial charge in [0.2, 0.25) is 5.91 Å². The molecule has 0 aromatic carbocycles. The number of hydrogen-bond acceptors (Lipinski definition) is 3. The second-order valence-corrected chi connectivity index (χ2v) is 6.15. The average molecular weight is 279 g/mol. The van der Waals surface area contributed by atoms with Gasteiger partial charge in [-0.3, -0.25) is 9.59 Å². The molecule has 1 unspecified atom stereocenters. The lowest BCUT2D eigenvalue weighted by molar-refractivity contribution is -0.137. The topological polar surface area (TPSA) is 66.4 Å². The number of carbonyl (C=O) groups excluding carboxylic acids is 1. The summed E-state index contributed by atoms with van der Waals surface area (Å²) in [5, 5.41) is 11.6. The second-order valence-electron chi connectivity index (χ2n) is 4.83. The van der Waals surface area contributed by atoms with Gasteiger partial charge in [-0.2, -0.15) is 0 Å². The van der Waals surface area contributed by atoms with Crippen molar-refractivity contribution in [1.29, 1.82) is 0 Å². The molecule has 2 N–H and O–H groups in total. The molecule has 1 aromatic rings. The maximum Gasteiger partial charge on any atom is 0.305 e. The zero-order chi connectivity index (χ0) is 13.8. The SMILES string of the molecule is Cc1ccc(/C=C/C(=O)NC(CC(=O)O)C2CC2)s1.